The van der Waals surface area contributed by atoms with Gasteiger partial charge in [0.05, 0.1) is 0 Å². The van der Waals surface area contributed by atoms with Crippen molar-refractivity contribution in [1.82, 2.24) is 0 Å². The molecular weight excluding hydrogens is 239 g/mol. The smallest absolute Gasteiger partial charge is 0.0906 e. The highest BCUT2D eigenvalue weighted by Gasteiger charge is 2.15. The zero-order valence-electron chi connectivity index (χ0n) is 10.5. The van der Waals surface area contributed by atoms with Gasteiger partial charge in [0.1, 0.15) is 6.16 Å². The van der Waals surface area contributed by atoms with Gasteiger partial charge in [-0.05, 0) is 47.9 Å². The first-order chi connectivity index (χ1) is 8.72. The summed E-state index contributed by atoms with van der Waals surface area (Å²) in [6.45, 7) is 6.06. The zero-order chi connectivity index (χ0) is 13.0. The predicted octanol–water partition coefficient (Wildman–Crippen LogP) is 4.22. The van der Waals surface area contributed by atoms with Crippen molar-refractivity contribution < 1.29 is 4.57 Å². The molecule has 0 saturated heterocycles. The van der Waals surface area contributed by atoms with Crippen LogP contribution in [0.5, 0.6) is 0 Å². The molecule has 0 saturated carbocycles. The first kappa shape index (κ1) is 12.7. The molecule has 0 N–H and O–H groups in total. The van der Waals surface area contributed by atoms with Gasteiger partial charge in [-0.2, -0.15) is 0 Å². The molecule has 0 aliphatic heterocycles. The van der Waals surface area contributed by atoms with E-state index >= 15 is 0 Å². The lowest BCUT2D eigenvalue weighted by atomic mass is 10.00. The Morgan fingerprint density at radius 3 is 2.11 bits per heavy atom. The van der Waals surface area contributed by atoms with Gasteiger partial charge in [0.15, 0.2) is 5.30 Å². The molecule has 0 aromatic heterocycles. The van der Waals surface area contributed by atoms with Crippen molar-refractivity contribution in [3.8, 4) is 0 Å². The Bertz CT molecular complexity index is 555. The fraction of sp³-hybridized carbons (Fsp3) is 0.125. The van der Waals surface area contributed by atoms with Crippen LogP contribution < -0.4 is 5.30 Å². The summed E-state index contributed by atoms with van der Waals surface area (Å²) in [5, 5.41) is 0.914. The summed E-state index contributed by atoms with van der Waals surface area (Å²) in [5.74, 6) is 0. The fourth-order valence-electron chi connectivity index (χ4n) is 1.82. The Labute approximate surface area is 109 Å². The van der Waals surface area contributed by atoms with Crippen LogP contribution in [0.25, 0.3) is 5.57 Å². The highest BCUT2D eigenvalue weighted by Crippen LogP contribution is 2.23. The molecule has 0 spiro atoms. The van der Waals surface area contributed by atoms with Gasteiger partial charge in [0, 0.05) is 0 Å². The highest BCUT2D eigenvalue weighted by atomic mass is 31.1. The molecule has 1 nitrogen and oxygen atoms in total. The maximum atomic E-state index is 11.7. The van der Waals surface area contributed by atoms with Crippen molar-refractivity contribution >= 4 is 18.7 Å². The van der Waals surface area contributed by atoms with Gasteiger partial charge >= 0.3 is 7.80 Å². The summed E-state index contributed by atoms with van der Waals surface area (Å²) in [6.07, 6.45) is 0.689. The standard InChI is InChI=1S/C16H16OP/c1-3-18(17)16-11-9-15(10-12-16)13(2)14-7-5-4-6-8-14/h4-12H,2-3H2,1H3/q+1. The SMILES string of the molecule is C=C(c1ccccc1)c1ccc([P+](=O)CC)cc1. The van der Waals surface area contributed by atoms with E-state index in [9.17, 15) is 4.57 Å². The first-order valence-electron chi connectivity index (χ1n) is 6.02. The van der Waals surface area contributed by atoms with Crippen LogP contribution in [0.4, 0.5) is 0 Å². The van der Waals surface area contributed by atoms with Crippen LogP contribution in [0, 0.1) is 0 Å². The van der Waals surface area contributed by atoms with E-state index in [0.717, 1.165) is 22.0 Å². The quantitative estimate of drug-likeness (QED) is 0.747. The van der Waals surface area contributed by atoms with E-state index < -0.39 is 7.80 Å². The second-order valence-corrected chi connectivity index (χ2v) is 5.99. The number of benzene rings is 2. The van der Waals surface area contributed by atoms with Crippen LogP contribution in [0.3, 0.4) is 0 Å². The van der Waals surface area contributed by atoms with Crippen LogP contribution in [-0.4, -0.2) is 6.16 Å². The Balaban J connectivity index is 2.25. The van der Waals surface area contributed by atoms with Crippen LogP contribution in [0.2, 0.25) is 0 Å². The summed E-state index contributed by atoms with van der Waals surface area (Å²) in [5.41, 5.74) is 3.18. The van der Waals surface area contributed by atoms with Crippen molar-refractivity contribution in [3.05, 3.63) is 72.3 Å². The van der Waals surface area contributed by atoms with E-state index in [0.29, 0.717) is 6.16 Å². The topological polar surface area (TPSA) is 17.1 Å². The van der Waals surface area contributed by atoms with Crippen LogP contribution in [-0.2, 0) is 4.57 Å². The maximum absolute atomic E-state index is 11.7. The average molecular weight is 255 g/mol. The molecule has 0 heterocycles. The van der Waals surface area contributed by atoms with Crippen molar-refractivity contribution in [3.63, 3.8) is 0 Å². The van der Waals surface area contributed by atoms with Crippen molar-refractivity contribution in [1.29, 1.82) is 0 Å². The molecule has 2 rings (SSSR count). The van der Waals surface area contributed by atoms with E-state index in [4.69, 9.17) is 0 Å². The van der Waals surface area contributed by atoms with Crippen LogP contribution >= 0.6 is 7.80 Å². The molecule has 0 amide bonds. The molecule has 2 aromatic carbocycles. The minimum absolute atomic E-state index is 0.689. The average Bonchev–Trinajstić information content (AvgIpc) is 2.47. The molecule has 0 aliphatic carbocycles. The third kappa shape index (κ3) is 2.75. The maximum Gasteiger partial charge on any atom is 0.376 e. The Morgan fingerprint density at radius 2 is 1.56 bits per heavy atom. The van der Waals surface area contributed by atoms with E-state index in [1.807, 2.05) is 61.5 Å². The van der Waals surface area contributed by atoms with Crippen LogP contribution in [0.1, 0.15) is 18.1 Å². The molecule has 0 aliphatic rings. The largest absolute Gasteiger partial charge is 0.376 e. The summed E-state index contributed by atoms with van der Waals surface area (Å²) in [7, 11) is -1.24. The second-order valence-electron chi connectivity index (χ2n) is 4.09. The summed E-state index contributed by atoms with van der Waals surface area (Å²) < 4.78 is 11.7. The van der Waals surface area contributed by atoms with E-state index in [-0.39, 0.29) is 0 Å². The van der Waals surface area contributed by atoms with E-state index in [1.165, 1.54) is 0 Å². The molecule has 0 radical (unpaired) electrons. The minimum atomic E-state index is -1.24. The molecule has 1 atom stereocenters. The van der Waals surface area contributed by atoms with Crippen LogP contribution in [0.15, 0.2) is 61.2 Å². The Morgan fingerprint density at radius 1 is 1.00 bits per heavy atom. The summed E-state index contributed by atoms with van der Waals surface area (Å²) in [6, 6.07) is 17.9. The summed E-state index contributed by atoms with van der Waals surface area (Å²) >= 11 is 0. The van der Waals surface area contributed by atoms with Gasteiger partial charge in [0.2, 0.25) is 0 Å². The minimum Gasteiger partial charge on any atom is -0.0906 e. The Hall–Kier alpha value is -1.72. The third-order valence-electron chi connectivity index (χ3n) is 2.91. The fourth-order valence-corrected chi connectivity index (χ4v) is 2.66. The van der Waals surface area contributed by atoms with Gasteiger partial charge in [-0.3, -0.25) is 0 Å². The summed E-state index contributed by atoms with van der Waals surface area (Å²) in [4.78, 5) is 0. The molecule has 2 aromatic rings. The lowest BCUT2D eigenvalue weighted by molar-refractivity contribution is 0.594. The number of hydrogen-bond acceptors (Lipinski definition) is 1. The van der Waals surface area contributed by atoms with Crippen molar-refractivity contribution in [2.45, 2.75) is 6.92 Å². The lowest BCUT2D eigenvalue weighted by Gasteiger charge is -2.05. The lowest BCUT2D eigenvalue weighted by Crippen LogP contribution is -1.97. The molecule has 90 valence electrons. The van der Waals surface area contributed by atoms with Crippen molar-refractivity contribution in [2.75, 3.05) is 6.16 Å². The highest BCUT2D eigenvalue weighted by molar-refractivity contribution is 7.53. The molecular formula is C16H16OP+. The normalized spacial score (nSPS) is 11.1. The molecule has 0 fully saturated rings. The zero-order valence-corrected chi connectivity index (χ0v) is 11.4. The van der Waals surface area contributed by atoms with Gasteiger partial charge in [0.25, 0.3) is 0 Å². The number of rotatable bonds is 4. The first-order valence-corrected chi connectivity index (χ1v) is 7.46. The molecule has 2 heteroatoms. The Kier molecular flexibility index (Phi) is 4.07. The third-order valence-corrected chi connectivity index (χ3v) is 4.36. The van der Waals surface area contributed by atoms with E-state index in [2.05, 4.69) is 6.58 Å². The van der Waals surface area contributed by atoms with Gasteiger partial charge < -0.3 is 0 Å². The van der Waals surface area contributed by atoms with Gasteiger partial charge in [-0.1, -0.05) is 41.5 Å². The van der Waals surface area contributed by atoms with Gasteiger partial charge in [-0.25, -0.2) is 0 Å². The molecule has 1 unspecified atom stereocenters. The molecule has 18 heavy (non-hydrogen) atoms. The predicted molar refractivity (Wildman–Crippen MR) is 78.8 cm³/mol. The second kappa shape index (κ2) is 5.75. The molecule has 0 bridgehead atoms. The number of hydrogen-bond donors (Lipinski definition) is 0. The van der Waals surface area contributed by atoms with Gasteiger partial charge in [-0.15, -0.1) is 0 Å². The monoisotopic (exact) mass is 255 g/mol. The van der Waals surface area contributed by atoms with Crippen molar-refractivity contribution in [2.24, 2.45) is 0 Å². The van der Waals surface area contributed by atoms with E-state index in [1.54, 1.807) is 0 Å².